The molecule has 134 valence electrons. The Hall–Kier alpha value is -2.32. The first-order valence-electron chi connectivity index (χ1n) is 8.59. The number of hydrogen-bond acceptors (Lipinski definition) is 4. The molecule has 0 heterocycles. The molecule has 1 aromatic rings. The highest BCUT2D eigenvalue weighted by molar-refractivity contribution is 5.97. The normalized spacial score (nSPS) is 16.0. The monoisotopic (exact) mass is 343 g/mol. The van der Waals surface area contributed by atoms with Crippen LogP contribution in [0.15, 0.2) is 24.3 Å². The number of unbranched alkanes of at least 4 members (excludes halogenated alkanes) is 1. The Morgan fingerprint density at radius 2 is 1.92 bits per heavy atom. The molecule has 1 aliphatic carbocycles. The number of ether oxygens (including phenoxy) is 2. The zero-order valence-electron chi connectivity index (χ0n) is 15.1. The van der Waals surface area contributed by atoms with Gasteiger partial charge in [0.15, 0.2) is 6.04 Å². The van der Waals surface area contributed by atoms with Crippen LogP contribution in [0.1, 0.15) is 54.9 Å². The molecule has 25 heavy (non-hydrogen) atoms. The minimum atomic E-state index is -0.812. The summed E-state index contributed by atoms with van der Waals surface area (Å²) in [6.45, 7) is 2.08. The zero-order chi connectivity index (χ0) is 18.3. The van der Waals surface area contributed by atoms with Crippen LogP contribution in [0, 0.1) is 11.8 Å². The first-order chi connectivity index (χ1) is 12.1. The van der Waals surface area contributed by atoms with E-state index in [1.807, 2.05) is 0 Å². The predicted molar refractivity (Wildman–Crippen MR) is 95.1 cm³/mol. The molecule has 0 saturated heterocycles. The summed E-state index contributed by atoms with van der Waals surface area (Å²) in [6, 6.07) is 6.22. The number of esters is 1. The number of rotatable bonds is 6. The standard InChI is InChI=1S/C20H25NO4/c1-4-5-6-8-15-9-11-16(12-10-15)18(22)21-17(19(23)24-2)20(25-3)13-7-14-20/h9-12,17H,4-5,7,13-14H2,1-3H3,(H,21,22). The molecule has 0 radical (unpaired) electrons. The number of carbonyl (C=O) groups excluding carboxylic acids is 2. The number of nitrogens with one attached hydrogen (secondary N) is 1. The number of benzene rings is 1. The van der Waals surface area contributed by atoms with Crippen molar-refractivity contribution < 1.29 is 19.1 Å². The van der Waals surface area contributed by atoms with Crippen LogP contribution in [0.3, 0.4) is 0 Å². The van der Waals surface area contributed by atoms with Crippen LogP contribution >= 0.6 is 0 Å². The average molecular weight is 343 g/mol. The predicted octanol–water partition coefficient (Wildman–Crippen LogP) is 2.68. The van der Waals surface area contributed by atoms with E-state index in [0.717, 1.165) is 37.7 Å². The lowest BCUT2D eigenvalue weighted by atomic mass is 9.74. The lowest BCUT2D eigenvalue weighted by Gasteiger charge is -2.44. The largest absolute Gasteiger partial charge is 0.467 e. The molecule has 5 nitrogen and oxygen atoms in total. The molecule has 0 spiro atoms. The van der Waals surface area contributed by atoms with Gasteiger partial charge in [0.1, 0.15) is 0 Å². The van der Waals surface area contributed by atoms with Crippen LogP contribution in [0.2, 0.25) is 0 Å². The van der Waals surface area contributed by atoms with Gasteiger partial charge in [0.25, 0.3) is 5.91 Å². The summed E-state index contributed by atoms with van der Waals surface area (Å²) in [6.07, 6.45) is 4.26. The Morgan fingerprint density at radius 3 is 2.40 bits per heavy atom. The summed E-state index contributed by atoms with van der Waals surface area (Å²) in [5.74, 6) is 5.31. The molecule has 1 fully saturated rings. The molecule has 1 amide bonds. The van der Waals surface area contributed by atoms with E-state index >= 15 is 0 Å². The second kappa shape index (κ2) is 8.68. The topological polar surface area (TPSA) is 64.6 Å². The van der Waals surface area contributed by atoms with E-state index in [9.17, 15) is 9.59 Å². The molecule has 0 aliphatic heterocycles. The van der Waals surface area contributed by atoms with Crippen molar-refractivity contribution in [2.75, 3.05) is 14.2 Å². The number of methoxy groups -OCH3 is 2. The zero-order valence-corrected chi connectivity index (χ0v) is 15.1. The second-order valence-electron chi connectivity index (χ2n) is 6.18. The van der Waals surface area contributed by atoms with Crippen LogP contribution in [0.5, 0.6) is 0 Å². The van der Waals surface area contributed by atoms with Gasteiger partial charge >= 0.3 is 5.97 Å². The lowest BCUT2D eigenvalue weighted by molar-refractivity contribution is -0.160. The van der Waals surface area contributed by atoms with Gasteiger partial charge in [0, 0.05) is 24.7 Å². The number of carbonyl (C=O) groups is 2. The highest BCUT2D eigenvalue weighted by Crippen LogP contribution is 2.38. The summed E-state index contributed by atoms with van der Waals surface area (Å²) >= 11 is 0. The SMILES string of the molecule is CCCC#Cc1ccc(C(=O)NC(C(=O)OC)C2(OC)CCC2)cc1. The van der Waals surface area contributed by atoms with Crippen molar-refractivity contribution in [1.29, 1.82) is 0 Å². The highest BCUT2D eigenvalue weighted by Gasteiger charge is 2.49. The van der Waals surface area contributed by atoms with Crippen LogP contribution in [-0.4, -0.2) is 37.7 Å². The summed E-state index contributed by atoms with van der Waals surface area (Å²) in [5.41, 5.74) is 0.663. The molecular weight excluding hydrogens is 318 g/mol. The van der Waals surface area contributed by atoms with Gasteiger partial charge in [0.2, 0.25) is 0 Å². The second-order valence-corrected chi connectivity index (χ2v) is 6.18. The molecule has 1 saturated carbocycles. The van der Waals surface area contributed by atoms with Crippen molar-refractivity contribution in [2.45, 2.75) is 50.7 Å². The molecule has 1 aliphatic rings. The van der Waals surface area contributed by atoms with Crippen LogP contribution in [0.4, 0.5) is 0 Å². The van der Waals surface area contributed by atoms with Crippen LogP contribution in [-0.2, 0) is 14.3 Å². The summed E-state index contributed by atoms with van der Waals surface area (Å²) < 4.78 is 10.4. The van der Waals surface area contributed by atoms with Gasteiger partial charge in [-0.3, -0.25) is 4.79 Å². The Balaban J connectivity index is 2.10. The molecular formula is C20H25NO4. The van der Waals surface area contributed by atoms with E-state index < -0.39 is 17.6 Å². The maximum Gasteiger partial charge on any atom is 0.331 e. The fourth-order valence-electron chi connectivity index (χ4n) is 2.87. The van der Waals surface area contributed by atoms with Gasteiger partial charge in [-0.25, -0.2) is 4.79 Å². The lowest BCUT2D eigenvalue weighted by Crippen LogP contribution is -2.61. The van der Waals surface area contributed by atoms with Gasteiger partial charge in [0.05, 0.1) is 12.7 Å². The van der Waals surface area contributed by atoms with Crippen molar-refractivity contribution in [1.82, 2.24) is 5.32 Å². The molecule has 1 N–H and O–H groups in total. The van der Waals surface area contributed by atoms with E-state index in [1.54, 1.807) is 31.4 Å². The van der Waals surface area contributed by atoms with E-state index in [2.05, 4.69) is 24.1 Å². The maximum absolute atomic E-state index is 12.5. The fraction of sp³-hybridized carbons (Fsp3) is 0.500. The maximum atomic E-state index is 12.5. The van der Waals surface area contributed by atoms with Crippen molar-refractivity contribution in [3.05, 3.63) is 35.4 Å². The van der Waals surface area contributed by atoms with Crippen molar-refractivity contribution >= 4 is 11.9 Å². The highest BCUT2D eigenvalue weighted by atomic mass is 16.5. The van der Waals surface area contributed by atoms with E-state index in [0.29, 0.717) is 5.56 Å². The van der Waals surface area contributed by atoms with Gasteiger partial charge in [-0.05, 0) is 49.9 Å². The summed E-state index contributed by atoms with van der Waals surface area (Å²) in [4.78, 5) is 24.7. The molecule has 1 atom stereocenters. The summed E-state index contributed by atoms with van der Waals surface area (Å²) in [7, 11) is 2.87. The Labute approximate surface area is 149 Å². The third-order valence-corrected chi connectivity index (χ3v) is 4.60. The third-order valence-electron chi connectivity index (χ3n) is 4.60. The van der Waals surface area contributed by atoms with Crippen LogP contribution < -0.4 is 5.32 Å². The molecule has 1 unspecified atom stereocenters. The minimum absolute atomic E-state index is 0.327. The molecule has 5 heteroatoms. The van der Waals surface area contributed by atoms with Gasteiger partial charge in [-0.15, -0.1) is 0 Å². The Morgan fingerprint density at radius 1 is 1.24 bits per heavy atom. The van der Waals surface area contributed by atoms with Gasteiger partial charge in [-0.2, -0.15) is 0 Å². The summed E-state index contributed by atoms with van der Waals surface area (Å²) in [5, 5.41) is 2.77. The molecule has 1 aromatic carbocycles. The molecule has 0 bridgehead atoms. The first-order valence-corrected chi connectivity index (χ1v) is 8.59. The fourth-order valence-corrected chi connectivity index (χ4v) is 2.87. The van der Waals surface area contributed by atoms with Crippen molar-refractivity contribution in [2.24, 2.45) is 0 Å². The molecule has 0 aromatic heterocycles. The van der Waals surface area contributed by atoms with E-state index in [-0.39, 0.29) is 5.91 Å². The smallest absolute Gasteiger partial charge is 0.331 e. The van der Waals surface area contributed by atoms with Crippen molar-refractivity contribution in [3.63, 3.8) is 0 Å². The van der Waals surface area contributed by atoms with Gasteiger partial charge < -0.3 is 14.8 Å². The van der Waals surface area contributed by atoms with E-state index in [4.69, 9.17) is 9.47 Å². The first kappa shape index (κ1) is 19.0. The Bertz CT molecular complexity index is 660. The quantitative estimate of drug-likeness (QED) is 0.637. The molecule has 2 rings (SSSR count). The van der Waals surface area contributed by atoms with E-state index in [1.165, 1.54) is 7.11 Å². The third kappa shape index (κ3) is 4.40. The number of amides is 1. The Kier molecular flexibility index (Phi) is 6.60. The minimum Gasteiger partial charge on any atom is -0.467 e. The van der Waals surface area contributed by atoms with Crippen molar-refractivity contribution in [3.8, 4) is 11.8 Å². The van der Waals surface area contributed by atoms with Crippen LogP contribution in [0.25, 0.3) is 0 Å². The van der Waals surface area contributed by atoms with Gasteiger partial charge in [-0.1, -0.05) is 18.8 Å². The average Bonchev–Trinajstić information content (AvgIpc) is 2.60. The number of hydrogen-bond donors (Lipinski definition) is 1.